The SMILES string of the molecule is CNC1CCC(c2ccccc2)(C(F)(F)F)c2cc(OC)ccc21.Cl. The Kier molecular flexibility index (Phi) is 5.69. The van der Waals surface area contributed by atoms with Crippen LogP contribution in [0.1, 0.15) is 35.6 Å². The van der Waals surface area contributed by atoms with Crippen molar-refractivity contribution in [1.82, 2.24) is 5.32 Å². The van der Waals surface area contributed by atoms with E-state index in [1.54, 1.807) is 55.6 Å². The minimum atomic E-state index is -4.39. The highest BCUT2D eigenvalue weighted by Crippen LogP contribution is 2.55. The fourth-order valence-corrected chi connectivity index (χ4v) is 3.77. The number of methoxy groups -OCH3 is 1. The van der Waals surface area contributed by atoms with Crippen LogP contribution >= 0.6 is 12.4 Å². The lowest BCUT2D eigenvalue weighted by Gasteiger charge is -2.43. The molecule has 6 heteroatoms. The van der Waals surface area contributed by atoms with E-state index in [1.165, 1.54) is 7.11 Å². The van der Waals surface area contributed by atoms with Gasteiger partial charge in [-0.05, 0) is 48.7 Å². The molecule has 0 bridgehead atoms. The minimum Gasteiger partial charge on any atom is -0.497 e. The predicted molar refractivity (Wildman–Crippen MR) is 94.6 cm³/mol. The largest absolute Gasteiger partial charge is 0.497 e. The first-order valence-corrected chi connectivity index (χ1v) is 7.92. The zero-order chi connectivity index (χ0) is 17.4. The van der Waals surface area contributed by atoms with Crippen molar-refractivity contribution in [1.29, 1.82) is 0 Å². The third-order valence-electron chi connectivity index (χ3n) is 5.00. The van der Waals surface area contributed by atoms with Crippen LogP contribution in [0.5, 0.6) is 5.75 Å². The Labute approximate surface area is 151 Å². The fraction of sp³-hybridized carbons (Fsp3) is 0.368. The molecule has 1 aliphatic carbocycles. The lowest BCUT2D eigenvalue weighted by atomic mass is 9.64. The number of benzene rings is 2. The van der Waals surface area contributed by atoms with E-state index in [9.17, 15) is 13.2 Å². The number of nitrogens with one attached hydrogen (secondary N) is 1. The molecule has 0 heterocycles. The summed E-state index contributed by atoms with van der Waals surface area (Å²) in [6.45, 7) is 0. The van der Waals surface area contributed by atoms with Crippen molar-refractivity contribution in [3.05, 3.63) is 65.2 Å². The summed E-state index contributed by atoms with van der Waals surface area (Å²) in [5.41, 5.74) is -0.760. The van der Waals surface area contributed by atoms with E-state index < -0.39 is 11.6 Å². The molecule has 0 fully saturated rings. The summed E-state index contributed by atoms with van der Waals surface area (Å²) in [6, 6.07) is 13.1. The molecule has 0 saturated carbocycles. The molecule has 2 nitrogen and oxygen atoms in total. The molecule has 0 aliphatic heterocycles. The Bertz CT molecular complexity index is 720. The van der Waals surface area contributed by atoms with Gasteiger partial charge in [0.1, 0.15) is 11.2 Å². The van der Waals surface area contributed by atoms with Gasteiger partial charge in [-0.2, -0.15) is 13.2 Å². The van der Waals surface area contributed by atoms with Gasteiger partial charge in [0.05, 0.1) is 7.11 Å². The van der Waals surface area contributed by atoms with E-state index in [4.69, 9.17) is 4.74 Å². The smallest absolute Gasteiger partial charge is 0.402 e. The number of alkyl halides is 3. The quantitative estimate of drug-likeness (QED) is 0.818. The van der Waals surface area contributed by atoms with E-state index in [2.05, 4.69) is 5.32 Å². The van der Waals surface area contributed by atoms with Gasteiger partial charge in [0, 0.05) is 6.04 Å². The van der Waals surface area contributed by atoms with Gasteiger partial charge in [0.25, 0.3) is 0 Å². The van der Waals surface area contributed by atoms with E-state index in [-0.39, 0.29) is 36.0 Å². The van der Waals surface area contributed by atoms with Crippen molar-refractivity contribution < 1.29 is 17.9 Å². The second-order valence-corrected chi connectivity index (χ2v) is 6.10. The normalized spacial score (nSPS) is 22.7. The van der Waals surface area contributed by atoms with Crippen molar-refractivity contribution in [3.8, 4) is 5.75 Å². The van der Waals surface area contributed by atoms with Gasteiger partial charge in [-0.1, -0.05) is 36.4 Å². The van der Waals surface area contributed by atoms with Crippen LogP contribution < -0.4 is 10.1 Å². The molecule has 25 heavy (non-hydrogen) atoms. The molecular formula is C19H21ClF3NO. The van der Waals surface area contributed by atoms with Gasteiger partial charge in [-0.15, -0.1) is 12.4 Å². The Morgan fingerprint density at radius 1 is 1.12 bits per heavy atom. The van der Waals surface area contributed by atoms with Gasteiger partial charge >= 0.3 is 6.18 Å². The maximum atomic E-state index is 14.4. The van der Waals surface area contributed by atoms with E-state index in [1.807, 2.05) is 0 Å². The number of rotatable bonds is 3. The molecule has 0 amide bonds. The van der Waals surface area contributed by atoms with Crippen LogP contribution in [-0.4, -0.2) is 20.3 Å². The molecule has 0 spiro atoms. The molecule has 0 saturated heterocycles. The molecule has 2 atom stereocenters. The van der Waals surface area contributed by atoms with Crippen LogP contribution in [0.2, 0.25) is 0 Å². The van der Waals surface area contributed by atoms with Gasteiger partial charge in [0.2, 0.25) is 0 Å². The monoisotopic (exact) mass is 371 g/mol. The average Bonchev–Trinajstić information content (AvgIpc) is 2.59. The molecule has 0 radical (unpaired) electrons. The predicted octanol–water partition coefficient (Wildman–Crippen LogP) is 5.02. The van der Waals surface area contributed by atoms with Crippen LogP contribution in [0.15, 0.2) is 48.5 Å². The standard InChI is InChI=1S/C19H20F3NO.ClH/c1-23-17-10-11-18(19(20,21)22,13-6-4-3-5-7-13)16-12-14(24-2)8-9-15(16)17;/h3-9,12,17,23H,10-11H2,1-2H3;1H. The van der Waals surface area contributed by atoms with E-state index >= 15 is 0 Å². The Balaban J connectivity index is 0.00000225. The van der Waals surface area contributed by atoms with Crippen molar-refractivity contribution >= 4 is 12.4 Å². The maximum absolute atomic E-state index is 14.4. The fourth-order valence-electron chi connectivity index (χ4n) is 3.77. The van der Waals surface area contributed by atoms with E-state index in [0.29, 0.717) is 17.7 Å². The Hall–Kier alpha value is -1.72. The Morgan fingerprint density at radius 2 is 1.80 bits per heavy atom. The summed E-state index contributed by atoms with van der Waals surface area (Å²) in [5, 5.41) is 3.13. The van der Waals surface area contributed by atoms with E-state index in [0.717, 1.165) is 0 Å². The summed E-state index contributed by atoms with van der Waals surface area (Å²) in [6.07, 6.45) is -3.97. The first-order chi connectivity index (χ1) is 11.4. The highest BCUT2D eigenvalue weighted by molar-refractivity contribution is 5.85. The topological polar surface area (TPSA) is 21.3 Å². The third-order valence-corrected chi connectivity index (χ3v) is 5.00. The number of fused-ring (bicyclic) bond motifs is 1. The van der Waals surface area contributed by atoms with Crippen LogP contribution in [0.4, 0.5) is 13.2 Å². The molecule has 136 valence electrons. The maximum Gasteiger partial charge on any atom is 0.402 e. The molecule has 1 aliphatic rings. The number of halogens is 4. The first kappa shape index (κ1) is 19.6. The van der Waals surface area contributed by atoms with Crippen molar-refractivity contribution in [2.75, 3.05) is 14.2 Å². The van der Waals surface area contributed by atoms with Gasteiger partial charge in [-0.3, -0.25) is 0 Å². The zero-order valence-corrected chi connectivity index (χ0v) is 14.9. The number of hydrogen-bond acceptors (Lipinski definition) is 2. The lowest BCUT2D eigenvalue weighted by Crippen LogP contribution is -2.47. The summed E-state index contributed by atoms with van der Waals surface area (Å²) < 4.78 is 48.3. The van der Waals surface area contributed by atoms with Gasteiger partial charge < -0.3 is 10.1 Å². The molecular weight excluding hydrogens is 351 g/mol. The van der Waals surface area contributed by atoms with Crippen molar-refractivity contribution in [2.45, 2.75) is 30.5 Å². The summed E-state index contributed by atoms with van der Waals surface area (Å²) in [7, 11) is 3.25. The molecule has 2 unspecified atom stereocenters. The highest BCUT2D eigenvalue weighted by atomic mass is 35.5. The number of ether oxygens (including phenoxy) is 1. The lowest BCUT2D eigenvalue weighted by molar-refractivity contribution is -0.182. The summed E-state index contributed by atoms with van der Waals surface area (Å²) in [4.78, 5) is 0. The average molecular weight is 372 g/mol. The molecule has 3 rings (SSSR count). The van der Waals surface area contributed by atoms with Gasteiger partial charge in [0.15, 0.2) is 0 Å². The highest BCUT2D eigenvalue weighted by Gasteiger charge is 2.59. The van der Waals surface area contributed by atoms with Crippen LogP contribution in [0, 0.1) is 0 Å². The van der Waals surface area contributed by atoms with Crippen LogP contribution in [0.3, 0.4) is 0 Å². The summed E-state index contributed by atoms with van der Waals surface area (Å²) in [5.74, 6) is 0.440. The second kappa shape index (κ2) is 7.26. The second-order valence-electron chi connectivity index (χ2n) is 6.10. The first-order valence-electron chi connectivity index (χ1n) is 7.92. The van der Waals surface area contributed by atoms with Crippen LogP contribution in [-0.2, 0) is 5.41 Å². The number of hydrogen-bond donors (Lipinski definition) is 1. The van der Waals surface area contributed by atoms with Crippen molar-refractivity contribution in [2.24, 2.45) is 0 Å². The van der Waals surface area contributed by atoms with Crippen molar-refractivity contribution in [3.63, 3.8) is 0 Å². The molecule has 1 N–H and O–H groups in total. The molecule has 0 aromatic heterocycles. The molecule has 2 aromatic carbocycles. The third kappa shape index (κ3) is 3.11. The zero-order valence-electron chi connectivity index (χ0n) is 14.1. The summed E-state index contributed by atoms with van der Waals surface area (Å²) >= 11 is 0. The van der Waals surface area contributed by atoms with Crippen LogP contribution in [0.25, 0.3) is 0 Å². The molecule has 2 aromatic rings. The minimum absolute atomic E-state index is 0. The Morgan fingerprint density at radius 3 is 2.36 bits per heavy atom. The van der Waals surface area contributed by atoms with Gasteiger partial charge in [-0.25, -0.2) is 0 Å².